The number of thiophene rings is 1. The standard InChI is InChI=1S/C8H8N4O2S/c1-4-5(2)15-7(6(4)8(13)14)12-3-9-10-11-12/h3H,1-2H3,(H,13,14). The van der Waals surface area contributed by atoms with Crippen molar-refractivity contribution in [2.45, 2.75) is 13.8 Å². The van der Waals surface area contributed by atoms with Gasteiger partial charge in [-0.3, -0.25) is 0 Å². The molecule has 2 heterocycles. The first-order valence-corrected chi connectivity index (χ1v) is 4.99. The number of tetrazole rings is 1. The van der Waals surface area contributed by atoms with Crippen molar-refractivity contribution in [2.24, 2.45) is 0 Å². The van der Waals surface area contributed by atoms with Crippen LogP contribution in [-0.2, 0) is 0 Å². The Bertz CT molecular complexity index is 503. The maximum absolute atomic E-state index is 11.1. The van der Waals surface area contributed by atoms with Crippen LogP contribution in [0.25, 0.3) is 5.00 Å². The van der Waals surface area contributed by atoms with Crippen molar-refractivity contribution in [3.05, 3.63) is 22.3 Å². The Kier molecular flexibility index (Phi) is 2.24. The summed E-state index contributed by atoms with van der Waals surface area (Å²) < 4.78 is 1.37. The van der Waals surface area contributed by atoms with Gasteiger partial charge in [-0.2, -0.15) is 4.68 Å². The molecule has 2 aromatic rings. The average Bonchev–Trinajstić information content (AvgIpc) is 2.75. The van der Waals surface area contributed by atoms with E-state index in [2.05, 4.69) is 15.5 Å². The van der Waals surface area contributed by atoms with Crippen LogP contribution in [-0.4, -0.2) is 31.3 Å². The number of aromatic carboxylic acids is 1. The first kappa shape index (κ1) is 9.78. The molecule has 0 radical (unpaired) electrons. The van der Waals surface area contributed by atoms with Crippen LogP contribution in [0.15, 0.2) is 6.33 Å². The van der Waals surface area contributed by atoms with Gasteiger partial charge in [0.2, 0.25) is 0 Å². The van der Waals surface area contributed by atoms with Gasteiger partial charge in [-0.1, -0.05) is 0 Å². The van der Waals surface area contributed by atoms with Crippen LogP contribution in [0.4, 0.5) is 0 Å². The minimum atomic E-state index is -0.956. The number of rotatable bonds is 2. The number of hydrogen-bond donors (Lipinski definition) is 1. The number of carbonyl (C=O) groups is 1. The summed E-state index contributed by atoms with van der Waals surface area (Å²) >= 11 is 1.37. The maximum Gasteiger partial charge on any atom is 0.339 e. The number of nitrogens with zero attached hydrogens (tertiary/aromatic N) is 4. The molecule has 0 aliphatic heterocycles. The summed E-state index contributed by atoms with van der Waals surface area (Å²) in [5, 5.41) is 20.3. The SMILES string of the molecule is Cc1sc(-n2cnnn2)c(C(=O)O)c1C. The lowest BCUT2D eigenvalue weighted by atomic mass is 10.2. The summed E-state index contributed by atoms with van der Waals surface area (Å²) in [5.41, 5.74) is 1.03. The van der Waals surface area contributed by atoms with Gasteiger partial charge in [0.15, 0.2) is 0 Å². The van der Waals surface area contributed by atoms with E-state index in [1.165, 1.54) is 22.3 Å². The highest BCUT2D eigenvalue weighted by Gasteiger charge is 2.20. The highest BCUT2D eigenvalue weighted by molar-refractivity contribution is 7.15. The van der Waals surface area contributed by atoms with Crippen molar-refractivity contribution in [3.8, 4) is 5.00 Å². The summed E-state index contributed by atoms with van der Waals surface area (Å²) in [6.45, 7) is 3.66. The molecule has 1 N–H and O–H groups in total. The summed E-state index contributed by atoms with van der Waals surface area (Å²) in [6, 6.07) is 0. The van der Waals surface area contributed by atoms with Crippen LogP contribution < -0.4 is 0 Å². The first-order chi connectivity index (χ1) is 7.11. The summed E-state index contributed by atoms with van der Waals surface area (Å²) in [5.74, 6) is -0.956. The largest absolute Gasteiger partial charge is 0.478 e. The zero-order chi connectivity index (χ0) is 11.0. The van der Waals surface area contributed by atoms with Crippen molar-refractivity contribution in [1.29, 1.82) is 0 Å². The Morgan fingerprint density at radius 2 is 2.27 bits per heavy atom. The molecule has 0 unspecified atom stereocenters. The van der Waals surface area contributed by atoms with Crippen molar-refractivity contribution < 1.29 is 9.90 Å². The van der Waals surface area contributed by atoms with E-state index >= 15 is 0 Å². The van der Waals surface area contributed by atoms with Gasteiger partial charge in [-0.15, -0.1) is 16.4 Å². The third-order valence-electron chi connectivity index (χ3n) is 2.14. The summed E-state index contributed by atoms with van der Waals surface area (Å²) in [4.78, 5) is 12.0. The van der Waals surface area contributed by atoms with Crippen LogP contribution in [0, 0.1) is 13.8 Å². The lowest BCUT2D eigenvalue weighted by Gasteiger charge is -1.97. The van der Waals surface area contributed by atoms with Gasteiger partial charge < -0.3 is 5.11 Å². The van der Waals surface area contributed by atoms with E-state index < -0.39 is 5.97 Å². The van der Waals surface area contributed by atoms with Gasteiger partial charge in [0, 0.05) is 4.88 Å². The van der Waals surface area contributed by atoms with Crippen molar-refractivity contribution in [2.75, 3.05) is 0 Å². The molecule has 0 bridgehead atoms. The fourth-order valence-corrected chi connectivity index (χ4v) is 2.34. The molecule has 0 aromatic carbocycles. The minimum absolute atomic E-state index is 0.268. The molecule has 0 aliphatic rings. The second-order valence-corrected chi connectivity index (χ2v) is 4.23. The molecular weight excluding hydrogens is 216 g/mol. The molecule has 2 aromatic heterocycles. The fourth-order valence-electron chi connectivity index (χ4n) is 1.28. The second kappa shape index (κ2) is 3.43. The molecular formula is C8H8N4O2S. The monoisotopic (exact) mass is 224 g/mol. The van der Waals surface area contributed by atoms with E-state index in [1.807, 2.05) is 6.92 Å². The Morgan fingerprint density at radius 3 is 2.80 bits per heavy atom. The van der Waals surface area contributed by atoms with Crippen molar-refractivity contribution in [3.63, 3.8) is 0 Å². The lowest BCUT2D eigenvalue weighted by Crippen LogP contribution is -2.04. The average molecular weight is 224 g/mol. The number of carboxylic acid groups (broad SMARTS) is 1. The van der Waals surface area contributed by atoms with E-state index in [-0.39, 0.29) is 5.56 Å². The van der Waals surface area contributed by atoms with Crippen LogP contribution in [0.2, 0.25) is 0 Å². The van der Waals surface area contributed by atoms with E-state index in [9.17, 15) is 4.79 Å². The number of aromatic nitrogens is 4. The number of carboxylic acids is 1. The molecule has 0 saturated heterocycles. The Balaban J connectivity index is 2.67. The molecule has 7 heteroatoms. The molecule has 0 fully saturated rings. The lowest BCUT2D eigenvalue weighted by molar-refractivity contribution is 0.0696. The molecule has 78 valence electrons. The predicted octanol–water partition coefficient (Wildman–Crippen LogP) is 1.04. The molecule has 0 atom stereocenters. The highest BCUT2D eigenvalue weighted by atomic mass is 32.1. The Morgan fingerprint density at radius 1 is 1.53 bits per heavy atom. The van der Waals surface area contributed by atoms with E-state index in [1.54, 1.807) is 6.92 Å². The van der Waals surface area contributed by atoms with Gasteiger partial charge in [0.1, 0.15) is 11.3 Å². The molecule has 6 nitrogen and oxygen atoms in total. The van der Waals surface area contributed by atoms with Crippen LogP contribution in [0.5, 0.6) is 0 Å². The van der Waals surface area contributed by atoms with Crippen molar-refractivity contribution >= 4 is 17.3 Å². The maximum atomic E-state index is 11.1. The topological polar surface area (TPSA) is 80.9 Å². The Hall–Kier alpha value is -1.76. The Labute approximate surface area is 89.2 Å². The molecule has 0 amide bonds. The molecule has 0 aliphatic carbocycles. The van der Waals surface area contributed by atoms with Crippen molar-refractivity contribution in [1.82, 2.24) is 20.2 Å². The third kappa shape index (κ3) is 1.50. The van der Waals surface area contributed by atoms with E-state index in [4.69, 9.17) is 5.11 Å². The molecule has 15 heavy (non-hydrogen) atoms. The van der Waals surface area contributed by atoms with Crippen LogP contribution in [0.3, 0.4) is 0 Å². The van der Waals surface area contributed by atoms with Gasteiger partial charge in [0.25, 0.3) is 0 Å². The minimum Gasteiger partial charge on any atom is -0.478 e. The van der Waals surface area contributed by atoms with Gasteiger partial charge in [-0.25, -0.2) is 4.79 Å². The van der Waals surface area contributed by atoms with E-state index in [0.717, 1.165) is 10.4 Å². The quantitative estimate of drug-likeness (QED) is 0.824. The van der Waals surface area contributed by atoms with Crippen LogP contribution in [0.1, 0.15) is 20.8 Å². The summed E-state index contributed by atoms with van der Waals surface area (Å²) in [6.07, 6.45) is 1.39. The first-order valence-electron chi connectivity index (χ1n) is 4.18. The molecule has 0 saturated carbocycles. The van der Waals surface area contributed by atoms with Crippen LogP contribution >= 0.6 is 11.3 Å². The zero-order valence-corrected chi connectivity index (χ0v) is 8.95. The predicted molar refractivity (Wildman–Crippen MR) is 53.5 cm³/mol. The molecule has 0 spiro atoms. The fraction of sp³-hybridized carbons (Fsp3) is 0.250. The smallest absolute Gasteiger partial charge is 0.339 e. The normalized spacial score (nSPS) is 10.5. The van der Waals surface area contributed by atoms with Gasteiger partial charge in [-0.05, 0) is 29.8 Å². The zero-order valence-electron chi connectivity index (χ0n) is 8.13. The van der Waals surface area contributed by atoms with E-state index in [0.29, 0.717) is 5.00 Å². The summed E-state index contributed by atoms with van der Waals surface area (Å²) in [7, 11) is 0. The molecule has 2 rings (SSSR count). The highest BCUT2D eigenvalue weighted by Crippen LogP contribution is 2.29. The van der Waals surface area contributed by atoms with Gasteiger partial charge in [0.05, 0.1) is 5.56 Å². The third-order valence-corrected chi connectivity index (χ3v) is 3.33. The number of aryl methyl sites for hydroxylation is 1. The number of hydrogen-bond acceptors (Lipinski definition) is 5. The second-order valence-electron chi connectivity index (χ2n) is 3.02. The van der Waals surface area contributed by atoms with Gasteiger partial charge >= 0.3 is 5.97 Å².